The molecule has 7 nitrogen and oxygen atoms in total. The van der Waals surface area contributed by atoms with Crippen LogP contribution in [-0.4, -0.2) is 69.5 Å². The highest BCUT2D eigenvalue weighted by molar-refractivity contribution is 8.02. The van der Waals surface area contributed by atoms with Gasteiger partial charge in [0, 0.05) is 18.3 Å². The van der Waals surface area contributed by atoms with Crippen molar-refractivity contribution in [2.75, 3.05) is 13.7 Å². The topological polar surface area (TPSA) is 98.7 Å². The second-order valence-electron chi connectivity index (χ2n) is 9.25. The molecule has 3 N–H and O–H groups in total. The molecule has 0 saturated carbocycles. The average molecular weight is 440 g/mol. The summed E-state index contributed by atoms with van der Waals surface area (Å²) in [5.74, 6) is -1.25. The summed E-state index contributed by atoms with van der Waals surface area (Å²) in [5.41, 5.74) is 0. The van der Waals surface area contributed by atoms with Crippen molar-refractivity contribution >= 4 is 29.5 Å². The second-order valence-corrected chi connectivity index (χ2v) is 10.9. The molecule has 3 heterocycles. The molecule has 3 unspecified atom stereocenters. The van der Waals surface area contributed by atoms with Crippen LogP contribution >= 0.6 is 11.8 Å². The van der Waals surface area contributed by atoms with Crippen molar-refractivity contribution in [2.45, 2.75) is 87.9 Å². The van der Waals surface area contributed by atoms with E-state index < -0.39 is 28.7 Å². The molecule has 2 bridgehead atoms. The Morgan fingerprint density at radius 1 is 1.30 bits per heavy atom. The highest BCUT2D eigenvalue weighted by Gasteiger charge is 2.74. The van der Waals surface area contributed by atoms with Gasteiger partial charge in [0.2, 0.25) is 17.7 Å². The maximum atomic E-state index is 13.8. The molecular formula is C22H37N3O4S. The first-order valence-electron chi connectivity index (χ1n) is 11.4. The molecule has 3 saturated heterocycles. The normalized spacial score (nSPS) is 35.1. The van der Waals surface area contributed by atoms with E-state index in [4.69, 9.17) is 0 Å². The molecule has 170 valence electrons. The fourth-order valence-corrected chi connectivity index (χ4v) is 8.06. The Balaban J connectivity index is 2.04. The number of carbonyl (C=O) groups excluding carboxylic acids is 3. The fraction of sp³-hybridized carbons (Fsp3) is 0.864. The van der Waals surface area contributed by atoms with Gasteiger partial charge in [-0.1, -0.05) is 33.6 Å². The lowest BCUT2D eigenvalue weighted by Gasteiger charge is -2.39. The van der Waals surface area contributed by atoms with E-state index in [1.165, 1.54) is 0 Å². The average Bonchev–Trinajstić information content (AvgIpc) is 3.35. The SMILES string of the molecule is CCCC(C)NC(=O)C1N([C@@H](CO)[C@@H](C)CC)C(=O)[C@@H]2[C@@H](C(=O)NC)[C@H]3CCC12S3. The number of likely N-dealkylation sites (tertiary alicyclic amines) is 1. The summed E-state index contributed by atoms with van der Waals surface area (Å²) in [6.45, 7) is 7.92. The standard InChI is InChI=1S/C22H37N3O4S/c1-6-8-13(4)24-20(28)18-22-10-9-15(30-22)16(19(27)23-5)17(22)21(29)25(18)14(11-26)12(3)7-2/h12-18,26H,6-11H2,1-5H3,(H,23,27)(H,24,28)/t12-,13?,14-,15+,16-,17-,18?,22?/m0/s1. The van der Waals surface area contributed by atoms with Crippen LogP contribution in [0.25, 0.3) is 0 Å². The van der Waals surface area contributed by atoms with Gasteiger partial charge in [0.1, 0.15) is 6.04 Å². The van der Waals surface area contributed by atoms with E-state index >= 15 is 0 Å². The minimum absolute atomic E-state index is 0.0180. The van der Waals surface area contributed by atoms with Gasteiger partial charge in [-0.15, -0.1) is 11.8 Å². The molecule has 3 fully saturated rings. The number of hydrogen-bond acceptors (Lipinski definition) is 5. The van der Waals surface area contributed by atoms with Crippen molar-refractivity contribution in [1.29, 1.82) is 0 Å². The molecule has 0 radical (unpaired) electrons. The van der Waals surface area contributed by atoms with Gasteiger partial charge in [0.15, 0.2) is 0 Å². The minimum Gasteiger partial charge on any atom is -0.394 e. The summed E-state index contributed by atoms with van der Waals surface area (Å²) in [6, 6.07) is -1.06. The van der Waals surface area contributed by atoms with E-state index in [2.05, 4.69) is 17.6 Å². The van der Waals surface area contributed by atoms with Gasteiger partial charge in [-0.3, -0.25) is 14.4 Å². The van der Waals surface area contributed by atoms with E-state index in [0.29, 0.717) is 0 Å². The van der Waals surface area contributed by atoms with Crippen LogP contribution in [0.1, 0.15) is 59.8 Å². The van der Waals surface area contributed by atoms with Crippen LogP contribution in [0.2, 0.25) is 0 Å². The lowest BCUT2D eigenvalue weighted by atomic mass is 9.70. The Morgan fingerprint density at radius 3 is 2.57 bits per heavy atom. The third-order valence-electron chi connectivity index (χ3n) is 7.49. The molecule has 0 aromatic carbocycles. The Morgan fingerprint density at radius 2 is 2.00 bits per heavy atom. The van der Waals surface area contributed by atoms with Crippen LogP contribution in [0.5, 0.6) is 0 Å². The number of hydrogen-bond donors (Lipinski definition) is 3. The van der Waals surface area contributed by atoms with E-state index in [9.17, 15) is 19.5 Å². The predicted octanol–water partition coefficient (Wildman–Crippen LogP) is 1.54. The zero-order valence-corrected chi connectivity index (χ0v) is 19.6. The number of amides is 3. The zero-order chi connectivity index (χ0) is 22.2. The summed E-state index contributed by atoms with van der Waals surface area (Å²) in [7, 11) is 1.61. The van der Waals surface area contributed by atoms with Gasteiger partial charge < -0.3 is 20.6 Å². The summed E-state index contributed by atoms with van der Waals surface area (Å²) in [6.07, 6.45) is 4.21. The molecule has 8 heteroatoms. The molecule has 1 spiro atoms. The first-order valence-corrected chi connectivity index (χ1v) is 12.3. The van der Waals surface area contributed by atoms with Gasteiger partial charge >= 0.3 is 0 Å². The van der Waals surface area contributed by atoms with Crippen LogP contribution in [0.3, 0.4) is 0 Å². The lowest BCUT2D eigenvalue weighted by Crippen LogP contribution is -2.58. The Labute approximate surface area is 184 Å². The van der Waals surface area contributed by atoms with E-state index in [0.717, 1.165) is 32.1 Å². The maximum absolute atomic E-state index is 13.8. The number of aliphatic hydroxyl groups is 1. The number of nitrogens with zero attached hydrogens (tertiary/aromatic N) is 1. The second kappa shape index (κ2) is 9.07. The number of fused-ring (bicyclic) bond motifs is 1. The lowest BCUT2D eigenvalue weighted by molar-refractivity contribution is -0.144. The Bertz CT molecular complexity index is 689. The molecule has 3 rings (SSSR count). The predicted molar refractivity (Wildman–Crippen MR) is 118 cm³/mol. The number of nitrogens with one attached hydrogen (secondary N) is 2. The van der Waals surface area contributed by atoms with Crippen molar-refractivity contribution in [3.05, 3.63) is 0 Å². The molecule has 3 aliphatic rings. The number of aliphatic hydroxyl groups excluding tert-OH is 1. The largest absolute Gasteiger partial charge is 0.394 e. The van der Waals surface area contributed by atoms with Crippen molar-refractivity contribution < 1.29 is 19.5 Å². The van der Waals surface area contributed by atoms with Crippen LogP contribution < -0.4 is 10.6 Å². The van der Waals surface area contributed by atoms with E-state index in [1.807, 2.05) is 20.8 Å². The summed E-state index contributed by atoms with van der Waals surface area (Å²) in [4.78, 5) is 41.8. The number of thioether (sulfide) groups is 1. The van der Waals surface area contributed by atoms with Crippen LogP contribution in [0.4, 0.5) is 0 Å². The molecule has 0 aromatic heterocycles. The first kappa shape index (κ1) is 23.4. The third kappa shape index (κ3) is 3.53. The summed E-state index contributed by atoms with van der Waals surface area (Å²) < 4.78 is -0.587. The maximum Gasteiger partial charge on any atom is 0.244 e. The van der Waals surface area contributed by atoms with Gasteiger partial charge in [0.05, 0.1) is 29.2 Å². The molecule has 3 amide bonds. The quantitative estimate of drug-likeness (QED) is 0.506. The molecule has 0 aromatic rings. The summed E-state index contributed by atoms with van der Waals surface area (Å²) >= 11 is 1.67. The van der Waals surface area contributed by atoms with Crippen molar-refractivity contribution in [3.8, 4) is 0 Å². The van der Waals surface area contributed by atoms with Crippen molar-refractivity contribution in [2.24, 2.45) is 17.8 Å². The van der Waals surface area contributed by atoms with E-state index in [-0.39, 0.29) is 41.5 Å². The Hall–Kier alpha value is -1.28. The van der Waals surface area contributed by atoms with Gasteiger partial charge in [0.25, 0.3) is 0 Å². The van der Waals surface area contributed by atoms with Crippen LogP contribution in [-0.2, 0) is 14.4 Å². The van der Waals surface area contributed by atoms with Gasteiger partial charge in [-0.25, -0.2) is 0 Å². The third-order valence-corrected chi connectivity index (χ3v) is 9.44. The van der Waals surface area contributed by atoms with Crippen molar-refractivity contribution in [3.63, 3.8) is 0 Å². The highest BCUT2D eigenvalue weighted by Crippen LogP contribution is 2.66. The number of rotatable bonds is 9. The number of carbonyl (C=O) groups is 3. The van der Waals surface area contributed by atoms with Crippen LogP contribution in [0, 0.1) is 17.8 Å². The highest BCUT2D eigenvalue weighted by atomic mass is 32.2. The molecule has 30 heavy (non-hydrogen) atoms. The monoisotopic (exact) mass is 439 g/mol. The van der Waals surface area contributed by atoms with Gasteiger partial charge in [-0.05, 0) is 32.1 Å². The molecule has 0 aliphatic carbocycles. The zero-order valence-electron chi connectivity index (χ0n) is 18.8. The summed E-state index contributed by atoms with van der Waals surface area (Å²) in [5, 5.41) is 16.1. The molecular weight excluding hydrogens is 402 g/mol. The van der Waals surface area contributed by atoms with Gasteiger partial charge in [-0.2, -0.15) is 0 Å². The minimum atomic E-state index is -0.648. The van der Waals surface area contributed by atoms with Crippen molar-refractivity contribution in [1.82, 2.24) is 15.5 Å². The molecule has 3 aliphatic heterocycles. The first-order chi connectivity index (χ1) is 14.3. The smallest absolute Gasteiger partial charge is 0.244 e. The molecule has 8 atom stereocenters. The Kier molecular flexibility index (Phi) is 7.07. The fourth-order valence-electron chi connectivity index (χ4n) is 5.86. The van der Waals surface area contributed by atoms with Crippen LogP contribution in [0.15, 0.2) is 0 Å². The van der Waals surface area contributed by atoms with E-state index in [1.54, 1.807) is 23.7 Å².